The molecule has 1 aromatic carbocycles. The molecular weight excluding hydrogens is 382 g/mol. The number of nitrogens with zero attached hydrogens (tertiary/aromatic N) is 1. The molecule has 0 radical (unpaired) electrons. The summed E-state index contributed by atoms with van der Waals surface area (Å²) in [5.74, 6) is -1.20. The maximum Gasteiger partial charge on any atom is 0.410 e. The highest BCUT2D eigenvalue weighted by molar-refractivity contribution is 6.30. The summed E-state index contributed by atoms with van der Waals surface area (Å²) in [7, 11) is 1.31. The summed E-state index contributed by atoms with van der Waals surface area (Å²) in [6.07, 6.45) is 1.20. The Morgan fingerprint density at radius 1 is 1.21 bits per heavy atom. The van der Waals surface area contributed by atoms with E-state index in [9.17, 15) is 14.4 Å². The zero-order chi connectivity index (χ0) is 20.9. The summed E-state index contributed by atoms with van der Waals surface area (Å²) in [4.78, 5) is 39.1. The third-order valence-electron chi connectivity index (χ3n) is 4.63. The fraction of sp³-hybridized carbons (Fsp3) is 0.571. The van der Waals surface area contributed by atoms with Crippen molar-refractivity contribution in [2.75, 3.05) is 13.7 Å². The molecule has 0 saturated carbocycles. The number of benzene rings is 1. The molecule has 7 heteroatoms. The normalized spacial score (nSPS) is 17.9. The minimum atomic E-state index is -0.629. The lowest BCUT2D eigenvalue weighted by Crippen LogP contribution is -2.44. The molecule has 2 atom stereocenters. The van der Waals surface area contributed by atoms with Crippen LogP contribution in [0.3, 0.4) is 0 Å². The van der Waals surface area contributed by atoms with Crippen LogP contribution in [0.25, 0.3) is 0 Å². The second-order valence-corrected chi connectivity index (χ2v) is 8.49. The van der Waals surface area contributed by atoms with E-state index in [0.29, 0.717) is 24.4 Å². The number of amides is 1. The number of carbonyl (C=O) groups excluding carboxylic acids is 3. The van der Waals surface area contributed by atoms with E-state index in [4.69, 9.17) is 21.1 Å². The van der Waals surface area contributed by atoms with Crippen LogP contribution in [0.15, 0.2) is 24.3 Å². The number of ether oxygens (including phenoxy) is 2. The van der Waals surface area contributed by atoms with Gasteiger partial charge in [0, 0.05) is 18.0 Å². The zero-order valence-electron chi connectivity index (χ0n) is 16.9. The molecular formula is C21H28ClNO5. The minimum Gasteiger partial charge on any atom is -0.469 e. The van der Waals surface area contributed by atoms with E-state index in [-0.39, 0.29) is 12.2 Å². The predicted octanol–water partition coefficient (Wildman–Crippen LogP) is 4.03. The van der Waals surface area contributed by atoms with Gasteiger partial charge in [-0.3, -0.25) is 14.5 Å². The van der Waals surface area contributed by atoms with Crippen molar-refractivity contribution in [1.82, 2.24) is 4.90 Å². The minimum absolute atomic E-state index is 0.0132. The summed E-state index contributed by atoms with van der Waals surface area (Å²) in [6.45, 7) is 5.84. The molecule has 0 aromatic heterocycles. The number of methoxy groups -OCH3 is 1. The highest BCUT2D eigenvalue weighted by atomic mass is 35.5. The van der Waals surface area contributed by atoms with E-state index in [0.717, 1.165) is 12.0 Å². The molecule has 1 aliphatic heterocycles. The lowest BCUT2D eigenvalue weighted by molar-refractivity contribution is -0.147. The molecule has 2 unspecified atom stereocenters. The Morgan fingerprint density at radius 2 is 1.86 bits per heavy atom. The molecule has 0 N–H and O–H groups in total. The van der Waals surface area contributed by atoms with Gasteiger partial charge >= 0.3 is 12.1 Å². The maximum absolute atomic E-state index is 12.9. The van der Waals surface area contributed by atoms with Crippen LogP contribution in [0, 0.1) is 5.92 Å². The molecule has 1 amide bonds. The Bertz CT molecular complexity index is 711. The first-order valence-corrected chi connectivity index (χ1v) is 9.83. The Hall–Kier alpha value is -2.08. The first kappa shape index (κ1) is 22.2. The van der Waals surface area contributed by atoms with Gasteiger partial charge in [-0.1, -0.05) is 23.7 Å². The highest BCUT2D eigenvalue weighted by Gasteiger charge is 2.38. The number of rotatable bonds is 6. The van der Waals surface area contributed by atoms with Gasteiger partial charge in [-0.25, -0.2) is 4.79 Å². The lowest BCUT2D eigenvalue weighted by atomic mass is 9.91. The first-order valence-electron chi connectivity index (χ1n) is 9.45. The number of hydrogen-bond donors (Lipinski definition) is 0. The molecule has 1 aliphatic rings. The summed E-state index contributed by atoms with van der Waals surface area (Å²) >= 11 is 5.90. The van der Waals surface area contributed by atoms with Gasteiger partial charge in [-0.2, -0.15) is 0 Å². The van der Waals surface area contributed by atoms with Crippen LogP contribution < -0.4 is 0 Å². The average molecular weight is 410 g/mol. The number of likely N-dealkylation sites (tertiary alicyclic amines) is 1. The van der Waals surface area contributed by atoms with Crippen molar-refractivity contribution >= 4 is 29.4 Å². The van der Waals surface area contributed by atoms with Gasteiger partial charge in [0.25, 0.3) is 0 Å². The summed E-state index contributed by atoms with van der Waals surface area (Å²) in [5.41, 5.74) is 0.263. The third-order valence-corrected chi connectivity index (χ3v) is 4.88. The second-order valence-electron chi connectivity index (χ2n) is 8.05. The van der Waals surface area contributed by atoms with Crippen LogP contribution in [-0.4, -0.2) is 48.0 Å². The van der Waals surface area contributed by atoms with Gasteiger partial charge in [0.2, 0.25) is 0 Å². The molecule has 1 aromatic rings. The van der Waals surface area contributed by atoms with E-state index in [1.807, 2.05) is 12.1 Å². The molecule has 6 nitrogen and oxygen atoms in total. The lowest BCUT2D eigenvalue weighted by Gasteiger charge is -2.28. The second kappa shape index (κ2) is 9.41. The topological polar surface area (TPSA) is 72.9 Å². The number of hydrogen-bond acceptors (Lipinski definition) is 5. The van der Waals surface area contributed by atoms with Crippen molar-refractivity contribution in [2.45, 2.75) is 58.1 Å². The van der Waals surface area contributed by atoms with E-state index in [1.165, 1.54) is 12.0 Å². The van der Waals surface area contributed by atoms with Crippen molar-refractivity contribution in [3.8, 4) is 0 Å². The molecule has 28 heavy (non-hydrogen) atoms. The number of carbonyl (C=O) groups is 3. The smallest absolute Gasteiger partial charge is 0.410 e. The van der Waals surface area contributed by atoms with Crippen LogP contribution in [0.1, 0.15) is 45.6 Å². The van der Waals surface area contributed by atoms with Crippen LogP contribution in [0.5, 0.6) is 0 Å². The van der Waals surface area contributed by atoms with Gasteiger partial charge in [-0.15, -0.1) is 0 Å². The quantitative estimate of drug-likeness (QED) is 0.663. The van der Waals surface area contributed by atoms with Gasteiger partial charge in [0.1, 0.15) is 5.60 Å². The van der Waals surface area contributed by atoms with Crippen molar-refractivity contribution in [3.05, 3.63) is 34.9 Å². The van der Waals surface area contributed by atoms with Gasteiger partial charge in [0.15, 0.2) is 5.78 Å². The molecule has 1 heterocycles. The monoisotopic (exact) mass is 409 g/mol. The molecule has 0 aliphatic carbocycles. The maximum atomic E-state index is 12.9. The molecule has 2 rings (SSSR count). The number of ketones is 1. The molecule has 154 valence electrons. The molecule has 0 spiro atoms. The van der Waals surface area contributed by atoms with Crippen LogP contribution in [0.2, 0.25) is 5.02 Å². The van der Waals surface area contributed by atoms with Gasteiger partial charge in [0.05, 0.1) is 19.1 Å². The third kappa shape index (κ3) is 6.23. The number of esters is 1. The fourth-order valence-electron chi connectivity index (χ4n) is 3.33. The molecule has 0 bridgehead atoms. The summed E-state index contributed by atoms with van der Waals surface area (Å²) in [5, 5.41) is 0.605. The molecule has 1 fully saturated rings. The fourth-order valence-corrected chi connectivity index (χ4v) is 3.46. The first-order chi connectivity index (χ1) is 13.1. The zero-order valence-corrected chi connectivity index (χ0v) is 17.6. The Kier molecular flexibility index (Phi) is 7.47. The van der Waals surface area contributed by atoms with E-state index >= 15 is 0 Å². The van der Waals surface area contributed by atoms with E-state index in [1.54, 1.807) is 32.9 Å². The largest absolute Gasteiger partial charge is 0.469 e. The van der Waals surface area contributed by atoms with Gasteiger partial charge in [-0.05, 0) is 57.7 Å². The Labute approximate surface area is 171 Å². The summed E-state index contributed by atoms with van der Waals surface area (Å²) in [6, 6.07) is 6.58. The van der Waals surface area contributed by atoms with Gasteiger partial charge < -0.3 is 9.47 Å². The SMILES string of the molecule is COC(=O)C(CC(=O)C1CCCN1C(=O)OC(C)(C)C)Cc1ccc(Cl)cc1. The van der Waals surface area contributed by atoms with E-state index < -0.39 is 29.6 Å². The Balaban J connectivity index is 2.08. The highest BCUT2D eigenvalue weighted by Crippen LogP contribution is 2.25. The van der Waals surface area contributed by atoms with Crippen LogP contribution in [-0.2, 0) is 25.5 Å². The van der Waals surface area contributed by atoms with Crippen molar-refractivity contribution in [3.63, 3.8) is 0 Å². The average Bonchev–Trinajstić information content (AvgIpc) is 3.11. The van der Waals surface area contributed by atoms with Crippen molar-refractivity contribution < 1.29 is 23.9 Å². The standard InChI is InChI=1S/C21H28ClNO5/c1-21(2,3)28-20(26)23-11-5-6-17(23)18(24)13-15(19(25)27-4)12-14-7-9-16(22)10-8-14/h7-10,15,17H,5-6,11-13H2,1-4H3. The molecule has 1 saturated heterocycles. The van der Waals surface area contributed by atoms with Crippen molar-refractivity contribution in [2.24, 2.45) is 5.92 Å². The van der Waals surface area contributed by atoms with Crippen molar-refractivity contribution in [1.29, 1.82) is 0 Å². The predicted molar refractivity (Wildman–Crippen MR) is 106 cm³/mol. The van der Waals surface area contributed by atoms with Crippen LogP contribution in [0.4, 0.5) is 4.79 Å². The number of halogens is 1. The van der Waals surface area contributed by atoms with Crippen LogP contribution >= 0.6 is 11.6 Å². The Morgan fingerprint density at radius 3 is 2.43 bits per heavy atom. The summed E-state index contributed by atoms with van der Waals surface area (Å²) < 4.78 is 10.3. The number of Topliss-reactive ketones (excluding diaryl/α,β-unsaturated/α-hetero) is 1. The van der Waals surface area contributed by atoms with E-state index in [2.05, 4.69) is 0 Å².